The number of benzene rings is 4. The first-order chi connectivity index (χ1) is 17.9. The van der Waals surface area contributed by atoms with Crippen molar-refractivity contribution in [2.24, 2.45) is 0 Å². The summed E-state index contributed by atoms with van der Waals surface area (Å²) >= 11 is 4.06. The maximum absolute atomic E-state index is 14.9. The molecule has 0 saturated heterocycles. The van der Waals surface area contributed by atoms with E-state index in [1.165, 1.54) is 12.1 Å². The Labute approximate surface area is 237 Å². The Morgan fingerprint density at radius 1 is 0.658 bits per heavy atom. The van der Waals surface area contributed by atoms with Crippen molar-refractivity contribution in [3.8, 4) is 28.2 Å². The van der Waals surface area contributed by atoms with Gasteiger partial charge in [0.1, 0.15) is 34.3 Å². The molecule has 0 unspecified atom stereocenters. The molecular formula is C27H11F7I2O2. The summed E-state index contributed by atoms with van der Waals surface area (Å²) in [7, 11) is 0. The molecule has 2 nitrogen and oxygen atoms in total. The summed E-state index contributed by atoms with van der Waals surface area (Å²) in [5.41, 5.74) is -1.09. The normalized spacial score (nSPS) is 11.8. The summed E-state index contributed by atoms with van der Waals surface area (Å²) in [5.74, 6) is -7.95. The second-order valence-corrected chi connectivity index (χ2v) is 10.4. The summed E-state index contributed by atoms with van der Waals surface area (Å²) in [6.07, 6.45) is -4.42. The molecule has 4 aromatic carbocycles. The molecule has 38 heavy (non-hydrogen) atoms. The van der Waals surface area contributed by atoms with Crippen LogP contribution in [0.1, 0.15) is 5.56 Å². The largest absolute Gasteiger partial charge is 0.455 e. The lowest BCUT2D eigenvalue weighted by atomic mass is 10.0. The minimum absolute atomic E-state index is 0.0534. The first kappa shape index (κ1) is 26.8. The smallest absolute Gasteiger partial charge is 0.432 e. The van der Waals surface area contributed by atoms with Gasteiger partial charge in [0.25, 0.3) is 0 Å². The summed E-state index contributed by atoms with van der Waals surface area (Å²) in [6, 6.07) is 12.6. The number of rotatable bonds is 5. The van der Waals surface area contributed by atoms with E-state index in [1.54, 1.807) is 12.1 Å². The highest BCUT2D eigenvalue weighted by Crippen LogP contribution is 2.40. The fourth-order valence-electron chi connectivity index (χ4n) is 3.84. The van der Waals surface area contributed by atoms with Gasteiger partial charge < -0.3 is 9.15 Å². The molecule has 0 bridgehead atoms. The Bertz CT molecular complexity index is 1650. The van der Waals surface area contributed by atoms with Gasteiger partial charge in [-0.25, -0.2) is 22.0 Å². The first-order valence-electron chi connectivity index (χ1n) is 10.6. The van der Waals surface area contributed by atoms with E-state index in [1.807, 2.05) is 28.7 Å². The van der Waals surface area contributed by atoms with Crippen molar-refractivity contribution in [3.05, 3.63) is 109 Å². The van der Waals surface area contributed by atoms with Crippen LogP contribution in [0.5, 0.6) is 5.75 Å². The SMILES string of the molecule is Fc1cc(-c2ccc(OC(F)(F)c3c(F)cc(-c4oc5ccc(I)cc5c4I)cc3F)cc2)cc(F)c1F. The van der Waals surface area contributed by atoms with Gasteiger partial charge in [0.2, 0.25) is 0 Å². The van der Waals surface area contributed by atoms with E-state index in [4.69, 9.17) is 4.42 Å². The lowest BCUT2D eigenvalue weighted by Crippen LogP contribution is -2.25. The maximum atomic E-state index is 14.9. The van der Waals surface area contributed by atoms with Crippen LogP contribution in [-0.4, -0.2) is 0 Å². The summed E-state index contributed by atoms with van der Waals surface area (Å²) in [4.78, 5) is 0. The molecule has 0 radical (unpaired) electrons. The molecule has 194 valence electrons. The van der Waals surface area contributed by atoms with Crippen LogP contribution in [0.2, 0.25) is 0 Å². The zero-order valence-corrected chi connectivity index (χ0v) is 22.9. The third kappa shape index (κ3) is 4.97. The standard InChI is InChI=1S/C27H11F7I2O2/c28-18-9-14(26-25(36)17-11-15(35)3-6-22(17)37-26)10-19(29)23(18)27(33,34)38-16-4-1-12(2-5-16)13-7-20(30)24(32)21(31)8-13/h1-11H. The average Bonchev–Trinajstić information content (AvgIpc) is 3.17. The summed E-state index contributed by atoms with van der Waals surface area (Å²) < 4.78 is 112. The Hall–Kier alpha value is -2.81. The van der Waals surface area contributed by atoms with Crippen LogP contribution >= 0.6 is 45.2 Å². The number of hydrogen-bond acceptors (Lipinski definition) is 2. The fraction of sp³-hybridized carbons (Fsp3) is 0.0370. The van der Waals surface area contributed by atoms with E-state index >= 15 is 0 Å². The van der Waals surface area contributed by atoms with Crippen LogP contribution in [-0.2, 0) is 6.11 Å². The van der Waals surface area contributed by atoms with Crippen molar-refractivity contribution in [2.45, 2.75) is 6.11 Å². The third-order valence-corrected chi connectivity index (χ3v) is 7.34. The molecule has 5 rings (SSSR count). The molecular weight excluding hydrogens is 743 g/mol. The van der Waals surface area contributed by atoms with Crippen LogP contribution in [0.4, 0.5) is 30.7 Å². The van der Waals surface area contributed by atoms with Gasteiger partial charge in [0, 0.05) is 14.5 Å². The van der Waals surface area contributed by atoms with Gasteiger partial charge in [-0.3, -0.25) is 0 Å². The number of halogens is 9. The Morgan fingerprint density at radius 2 is 1.24 bits per heavy atom. The Balaban J connectivity index is 1.44. The molecule has 0 aliphatic carbocycles. The Kier molecular flexibility index (Phi) is 7.09. The highest BCUT2D eigenvalue weighted by Gasteiger charge is 2.41. The second kappa shape index (κ2) is 10.1. The molecule has 1 aromatic heterocycles. The Morgan fingerprint density at radius 3 is 1.84 bits per heavy atom. The van der Waals surface area contributed by atoms with Crippen molar-refractivity contribution >= 4 is 56.2 Å². The van der Waals surface area contributed by atoms with Crippen molar-refractivity contribution < 1.29 is 39.9 Å². The minimum atomic E-state index is -4.42. The molecule has 0 atom stereocenters. The van der Waals surface area contributed by atoms with E-state index in [-0.39, 0.29) is 22.5 Å². The van der Waals surface area contributed by atoms with Crippen LogP contribution in [0, 0.1) is 36.2 Å². The van der Waals surface area contributed by atoms with E-state index in [9.17, 15) is 30.7 Å². The predicted octanol–water partition coefficient (Wildman–Crippen LogP) is 9.80. The summed E-state index contributed by atoms with van der Waals surface area (Å²) in [6.45, 7) is 0. The monoisotopic (exact) mass is 754 g/mol. The predicted molar refractivity (Wildman–Crippen MR) is 143 cm³/mol. The van der Waals surface area contributed by atoms with Crippen molar-refractivity contribution in [1.29, 1.82) is 0 Å². The molecule has 0 fully saturated rings. The molecule has 5 aromatic rings. The van der Waals surface area contributed by atoms with Gasteiger partial charge in [0.05, 0.1) is 3.57 Å². The molecule has 0 amide bonds. The maximum Gasteiger partial charge on any atom is 0.432 e. The number of ether oxygens (including phenoxy) is 1. The first-order valence-corrected chi connectivity index (χ1v) is 12.8. The van der Waals surface area contributed by atoms with Gasteiger partial charge >= 0.3 is 6.11 Å². The third-order valence-electron chi connectivity index (χ3n) is 5.60. The molecule has 1 heterocycles. The molecule has 0 spiro atoms. The zero-order valence-electron chi connectivity index (χ0n) is 18.6. The van der Waals surface area contributed by atoms with E-state index in [0.717, 1.165) is 40.0 Å². The van der Waals surface area contributed by atoms with Crippen molar-refractivity contribution in [3.63, 3.8) is 0 Å². The van der Waals surface area contributed by atoms with Crippen molar-refractivity contribution in [1.82, 2.24) is 0 Å². The van der Waals surface area contributed by atoms with Gasteiger partial charge in [-0.1, -0.05) is 12.1 Å². The van der Waals surface area contributed by atoms with Gasteiger partial charge in [-0.15, -0.1) is 0 Å². The fourth-order valence-corrected chi connectivity index (χ4v) is 5.18. The molecule has 0 aliphatic rings. The van der Waals surface area contributed by atoms with Gasteiger partial charge in [-0.2, -0.15) is 8.78 Å². The molecule has 0 N–H and O–H groups in total. The highest BCUT2D eigenvalue weighted by atomic mass is 127. The highest BCUT2D eigenvalue weighted by molar-refractivity contribution is 14.1. The minimum Gasteiger partial charge on any atom is -0.455 e. The van der Waals surface area contributed by atoms with Crippen LogP contribution in [0.25, 0.3) is 33.4 Å². The lowest BCUT2D eigenvalue weighted by Gasteiger charge is -2.20. The van der Waals surface area contributed by atoms with E-state index in [0.29, 0.717) is 14.5 Å². The van der Waals surface area contributed by atoms with E-state index < -0.39 is 46.5 Å². The van der Waals surface area contributed by atoms with Gasteiger partial charge in [-0.05, 0) is 111 Å². The number of hydrogen-bond donors (Lipinski definition) is 0. The van der Waals surface area contributed by atoms with Crippen LogP contribution < -0.4 is 4.74 Å². The second-order valence-electron chi connectivity index (χ2n) is 8.10. The molecule has 11 heteroatoms. The molecule has 0 aliphatic heterocycles. The lowest BCUT2D eigenvalue weighted by molar-refractivity contribution is -0.189. The average molecular weight is 754 g/mol. The van der Waals surface area contributed by atoms with Crippen LogP contribution in [0.15, 0.2) is 71.1 Å². The summed E-state index contributed by atoms with van der Waals surface area (Å²) in [5, 5.41) is 0.709. The van der Waals surface area contributed by atoms with Crippen molar-refractivity contribution in [2.75, 3.05) is 0 Å². The topological polar surface area (TPSA) is 22.4 Å². The molecule has 0 saturated carbocycles. The zero-order chi connectivity index (χ0) is 27.4. The van der Waals surface area contributed by atoms with Gasteiger partial charge in [0.15, 0.2) is 17.5 Å². The number of alkyl halides is 2. The number of fused-ring (bicyclic) bond motifs is 1. The number of furan rings is 1. The van der Waals surface area contributed by atoms with E-state index in [2.05, 4.69) is 27.3 Å². The van der Waals surface area contributed by atoms with Crippen LogP contribution in [0.3, 0.4) is 0 Å². The quantitative estimate of drug-likeness (QED) is 0.101.